The van der Waals surface area contributed by atoms with E-state index in [0.29, 0.717) is 6.42 Å². The number of carboxylic acids is 1. The molecular formula is C16H22N2O3. The van der Waals surface area contributed by atoms with E-state index in [9.17, 15) is 14.7 Å². The molecule has 114 valence electrons. The second-order valence-electron chi connectivity index (χ2n) is 5.75. The molecule has 1 saturated carbocycles. The van der Waals surface area contributed by atoms with Gasteiger partial charge >= 0.3 is 12.0 Å². The lowest BCUT2D eigenvalue weighted by Gasteiger charge is -2.29. The van der Waals surface area contributed by atoms with E-state index in [1.165, 1.54) is 0 Å². The predicted molar refractivity (Wildman–Crippen MR) is 81.5 cm³/mol. The summed E-state index contributed by atoms with van der Waals surface area (Å²) < 4.78 is 0. The topological polar surface area (TPSA) is 78.4 Å². The molecule has 1 aromatic carbocycles. The van der Waals surface area contributed by atoms with Crippen molar-refractivity contribution in [2.24, 2.45) is 5.92 Å². The Balaban J connectivity index is 2.00. The van der Waals surface area contributed by atoms with Gasteiger partial charge in [0.15, 0.2) is 0 Å². The average molecular weight is 290 g/mol. The van der Waals surface area contributed by atoms with Crippen LogP contribution in [0.1, 0.15) is 36.8 Å². The van der Waals surface area contributed by atoms with Gasteiger partial charge in [0.05, 0.1) is 5.92 Å². The monoisotopic (exact) mass is 290 g/mol. The molecule has 21 heavy (non-hydrogen) atoms. The summed E-state index contributed by atoms with van der Waals surface area (Å²) in [5, 5.41) is 14.8. The van der Waals surface area contributed by atoms with E-state index in [2.05, 4.69) is 10.6 Å². The van der Waals surface area contributed by atoms with E-state index < -0.39 is 11.9 Å². The van der Waals surface area contributed by atoms with Crippen molar-refractivity contribution in [2.45, 2.75) is 45.6 Å². The highest BCUT2D eigenvalue weighted by molar-refractivity contribution is 5.90. The number of carbonyl (C=O) groups is 2. The lowest BCUT2D eigenvalue weighted by molar-refractivity contribution is -0.143. The summed E-state index contributed by atoms with van der Waals surface area (Å²) in [5.74, 6) is -1.31. The maximum Gasteiger partial charge on any atom is 0.319 e. The number of anilines is 1. The standard InChI is InChI=1S/C16H22N2O3/c1-10-7-8-11(2)14(9-10)18-16(21)17-13-6-4-3-5-12(13)15(19)20/h7-9,12-13H,3-6H2,1-2H3,(H,19,20)(H2,17,18,21). The molecule has 0 heterocycles. The molecule has 2 amide bonds. The fourth-order valence-electron chi connectivity index (χ4n) is 2.80. The Bertz CT molecular complexity index is 542. The van der Waals surface area contributed by atoms with Crippen molar-refractivity contribution in [3.63, 3.8) is 0 Å². The minimum absolute atomic E-state index is 0.290. The van der Waals surface area contributed by atoms with Gasteiger partial charge in [-0.15, -0.1) is 0 Å². The number of carbonyl (C=O) groups excluding carboxylic acids is 1. The molecule has 1 aliphatic rings. The number of hydrogen-bond donors (Lipinski definition) is 3. The molecule has 3 N–H and O–H groups in total. The maximum absolute atomic E-state index is 12.1. The number of nitrogens with one attached hydrogen (secondary N) is 2. The molecule has 0 spiro atoms. The first-order chi connectivity index (χ1) is 9.97. The third-order valence-corrected chi connectivity index (χ3v) is 4.04. The molecule has 2 unspecified atom stereocenters. The Morgan fingerprint density at radius 1 is 1.19 bits per heavy atom. The summed E-state index contributed by atoms with van der Waals surface area (Å²) in [4.78, 5) is 23.3. The number of hydrogen-bond acceptors (Lipinski definition) is 2. The lowest BCUT2D eigenvalue weighted by atomic mass is 9.84. The van der Waals surface area contributed by atoms with Gasteiger partial charge in [-0.25, -0.2) is 4.79 Å². The van der Waals surface area contributed by atoms with Gasteiger partial charge in [0.25, 0.3) is 0 Å². The van der Waals surface area contributed by atoms with Crippen molar-refractivity contribution in [3.8, 4) is 0 Å². The quantitative estimate of drug-likeness (QED) is 0.800. The SMILES string of the molecule is Cc1ccc(C)c(NC(=O)NC2CCCCC2C(=O)O)c1. The van der Waals surface area contributed by atoms with Gasteiger partial charge in [-0.1, -0.05) is 25.0 Å². The van der Waals surface area contributed by atoms with E-state index >= 15 is 0 Å². The Morgan fingerprint density at radius 2 is 1.90 bits per heavy atom. The average Bonchev–Trinajstić information content (AvgIpc) is 2.43. The van der Waals surface area contributed by atoms with Crippen LogP contribution in [0.3, 0.4) is 0 Å². The molecule has 0 saturated heterocycles. The first-order valence-corrected chi connectivity index (χ1v) is 7.35. The van der Waals surface area contributed by atoms with Crippen LogP contribution in [-0.4, -0.2) is 23.1 Å². The molecule has 1 aliphatic carbocycles. The van der Waals surface area contributed by atoms with Gasteiger partial charge in [-0.05, 0) is 43.9 Å². The molecule has 0 radical (unpaired) electrons. The zero-order valence-corrected chi connectivity index (χ0v) is 12.5. The van der Waals surface area contributed by atoms with E-state index in [1.54, 1.807) is 0 Å². The normalized spacial score (nSPS) is 21.6. The summed E-state index contributed by atoms with van der Waals surface area (Å²) in [6.07, 6.45) is 3.22. The van der Waals surface area contributed by atoms with Crippen LogP contribution in [0.2, 0.25) is 0 Å². The van der Waals surface area contributed by atoms with Crippen molar-refractivity contribution < 1.29 is 14.7 Å². The van der Waals surface area contributed by atoms with E-state index in [4.69, 9.17) is 0 Å². The summed E-state index contributed by atoms with van der Waals surface area (Å²) in [5.41, 5.74) is 2.81. The second kappa shape index (κ2) is 6.61. The highest BCUT2D eigenvalue weighted by atomic mass is 16.4. The van der Waals surface area contributed by atoms with E-state index in [-0.39, 0.29) is 12.1 Å². The summed E-state index contributed by atoms with van der Waals surface area (Å²) in [6.45, 7) is 3.89. The van der Waals surface area contributed by atoms with Crippen molar-refractivity contribution in [3.05, 3.63) is 29.3 Å². The molecule has 0 aromatic heterocycles. The maximum atomic E-state index is 12.1. The number of amides is 2. The third-order valence-electron chi connectivity index (χ3n) is 4.04. The van der Waals surface area contributed by atoms with Crippen LogP contribution in [0, 0.1) is 19.8 Å². The number of carboxylic acid groups (broad SMARTS) is 1. The molecule has 2 atom stereocenters. The highest BCUT2D eigenvalue weighted by Crippen LogP contribution is 2.25. The number of aliphatic carboxylic acids is 1. The molecule has 2 rings (SSSR count). The minimum atomic E-state index is -0.827. The van der Waals surface area contributed by atoms with Crippen LogP contribution in [-0.2, 0) is 4.79 Å². The van der Waals surface area contributed by atoms with Crippen LogP contribution in [0.5, 0.6) is 0 Å². The summed E-state index contributed by atoms with van der Waals surface area (Å²) in [6, 6.07) is 5.22. The molecule has 5 nitrogen and oxygen atoms in total. The molecule has 5 heteroatoms. The first kappa shape index (κ1) is 15.4. The van der Waals surface area contributed by atoms with Gasteiger partial charge in [0, 0.05) is 11.7 Å². The van der Waals surface area contributed by atoms with E-state index in [0.717, 1.165) is 36.1 Å². The van der Waals surface area contributed by atoms with Crippen LogP contribution in [0.25, 0.3) is 0 Å². The zero-order chi connectivity index (χ0) is 15.4. The number of urea groups is 1. The second-order valence-corrected chi connectivity index (χ2v) is 5.75. The van der Waals surface area contributed by atoms with Crippen molar-refractivity contribution in [1.82, 2.24) is 5.32 Å². The Labute approximate surface area is 124 Å². The smallest absolute Gasteiger partial charge is 0.319 e. The van der Waals surface area contributed by atoms with Crippen LogP contribution in [0.4, 0.5) is 10.5 Å². The Kier molecular flexibility index (Phi) is 4.83. The number of benzene rings is 1. The van der Waals surface area contributed by atoms with Crippen LogP contribution >= 0.6 is 0 Å². The van der Waals surface area contributed by atoms with Crippen molar-refractivity contribution >= 4 is 17.7 Å². The summed E-state index contributed by atoms with van der Waals surface area (Å²) >= 11 is 0. The van der Waals surface area contributed by atoms with Gasteiger partial charge in [-0.2, -0.15) is 0 Å². The number of aryl methyl sites for hydroxylation is 2. The van der Waals surface area contributed by atoms with Crippen molar-refractivity contribution in [2.75, 3.05) is 5.32 Å². The predicted octanol–water partition coefficient (Wildman–Crippen LogP) is 3.07. The van der Waals surface area contributed by atoms with Gasteiger partial charge in [0.1, 0.15) is 0 Å². The van der Waals surface area contributed by atoms with Gasteiger partial charge in [0.2, 0.25) is 0 Å². The van der Waals surface area contributed by atoms with Gasteiger partial charge < -0.3 is 15.7 Å². The number of rotatable bonds is 3. The fourth-order valence-corrected chi connectivity index (χ4v) is 2.80. The molecule has 0 bridgehead atoms. The van der Waals surface area contributed by atoms with Crippen molar-refractivity contribution in [1.29, 1.82) is 0 Å². The molecule has 1 aromatic rings. The fraction of sp³-hybridized carbons (Fsp3) is 0.500. The van der Waals surface area contributed by atoms with Gasteiger partial charge in [-0.3, -0.25) is 4.79 Å². The summed E-state index contributed by atoms with van der Waals surface area (Å²) in [7, 11) is 0. The Hall–Kier alpha value is -2.04. The van der Waals surface area contributed by atoms with Crippen LogP contribution in [0.15, 0.2) is 18.2 Å². The van der Waals surface area contributed by atoms with E-state index in [1.807, 2.05) is 32.0 Å². The molecule has 0 aliphatic heterocycles. The zero-order valence-electron chi connectivity index (χ0n) is 12.5. The minimum Gasteiger partial charge on any atom is -0.481 e. The third kappa shape index (κ3) is 3.97. The highest BCUT2D eigenvalue weighted by Gasteiger charge is 2.31. The Morgan fingerprint density at radius 3 is 2.62 bits per heavy atom. The lowest BCUT2D eigenvalue weighted by Crippen LogP contribution is -2.46. The molecule has 1 fully saturated rings. The first-order valence-electron chi connectivity index (χ1n) is 7.35. The van der Waals surface area contributed by atoms with Crippen LogP contribution < -0.4 is 10.6 Å². The molecular weight excluding hydrogens is 268 g/mol. The largest absolute Gasteiger partial charge is 0.481 e.